The van der Waals surface area contributed by atoms with Gasteiger partial charge in [-0.05, 0) is 31.1 Å². The molecule has 1 atom stereocenters. The summed E-state index contributed by atoms with van der Waals surface area (Å²) in [6.07, 6.45) is 9.87. The Bertz CT molecular complexity index is 246. The van der Waals surface area contributed by atoms with Crippen LogP contribution in [-0.4, -0.2) is 25.0 Å². The summed E-state index contributed by atoms with van der Waals surface area (Å²) in [5.41, 5.74) is 0.633. The van der Waals surface area contributed by atoms with Crippen LogP contribution in [0.25, 0.3) is 0 Å². The van der Waals surface area contributed by atoms with E-state index in [9.17, 15) is 4.79 Å². The molecule has 2 fully saturated rings. The molecular formula is C13H24N2O. The van der Waals surface area contributed by atoms with Crippen molar-refractivity contribution in [3.63, 3.8) is 0 Å². The van der Waals surface area contributed by atoms with Crippen molar-refractivity contribution in [2.45, 2.75) is 57.9 Å². The van der Waals surface area contributed by atoms with E-state index >= 15 is 0 Å². The number of carbonyl (C=O) groups is 1. The minimum atomic E-state index is 0.0720. The SMILES string of the molecule is CC(=O)NCCNC1CCC12CCCCC2. The molecule has 0 bridgehead atoms. The summed E-state index contributed by atoms with van der Waals surface area (Å²) < 4.78 is 0. The van der Waals surface area contributed by atoms with Crippen LogP contribution in [0.2, 0.25) is 0 Å². The summed E-state index contributed by atoms with van der Waals surface area (Å²) in [7, 11) is 0. The summed E-state index contributed by atoms with van der Waals surface area (Å²) in [5, 5.41) is 6.46. The maximum absolute atomic E-state index is 10.7. The Morgan fingerprint density at radius 1 is 1.19 bits per heavy atom. The Morgan fingerprint density at radius 3 is 2.50 bits per heavy atom. The molecule has 0 radical (unpaired) electrons. The Kier molecular flexibility index (Phi) is 3.85. The Balaban J connectivity index is 1.68. The molecule has 2 aliphatic carbocycles. The first kappa shape index (κ1) is 11.9. The van der Waals surface area contributed by atoms with Gasteiger partial charge in [-0.15, -0.1) is 0 Å². The largest absolute Gasteiger partial charge is 0.355 e. The fourth-order valence-electron chi connectivity index (χ4n) is 3.35. The van der Waals surface area contributed by atoms with Crippen molar-refractivity contribution in [1.82, 2.24) is 10.6 Å². The van der Waals surface area contributed by atoms with E-state index in [0.29, 0.717) is 5.41 Å². The van der Waals surface area contributed by atoms with Crippen molar-refractivity contribution < 1.29 is 4.79 Å². The van der Waals surface area contributed by atoms with E-state index in [1.54, 1.807) is 6.92 Å². The molecule has 2 rings (SSSR count). The Labute approximate surface area is 98.4 Å². The Morgan fingerprint density at radius 2 is 1.94 bits per heavy atom. The van der Waals surface area contributed by atoms with Gasteiger partial charge in [-0.2, -0.15) is 0 Å². The Hall–Kier alpha value is -0.570. The molecule has 0 aromatic heterocycles. The fourth-order valence-corrected chi connectivity index (χ4v) is 3.35. The molecule has 0 aromatic rings. The van der Waals surface area contributed by atoms with Gasteiger partial charge >= 0.3 is 0 Å². The van der Waals surface area contributed by atoms with Gasteiger partial charge in [0.05, 0.1) is 0 Å². The first-order chi connectivity index (χ1) is 7.73. The minimum absolute atomic E-state index is 0.0720. The molecule has 0 aliphatic heterocycles. The van der Waals surface area contributed by atoms with Gasteiger partial charge in [0.2, 0.25) is 5.91 Å². The number of amides is 1. The molecule has 2 saturated carbocycles. The van der Waals surface area contributed by atoms with Crippen LogP contribution in [0.4, 0.5) is 0 Å². The van der Waals surface area contributed by atoms with Crippen LogP contribution in [0.15, 0.2) is 0 Å². The van der Waals surface area contributed by atoms with Crippen LogP contribution in [0.1, 0.15) is 51.9 Å². The third kappa shape index (κ3) is 2.57. The molecule has 92 valence electrons. The summed E-state index contributed by atoms with van der Waals surface area (Å²) in [6, 6.07) is 0.724. The molecular weight excluding hydrogens is 200 g/mol. The van der Waals surface area contributed by atoms with Crippen LogP contribution < -0.4 is 10.6 Å². The molecule has 3 nitrogen and oxygen atoms in total. The van der Waals surface area contributed by atoms with E-state index < -0.39 is 0 Å². The summed E-state index contributed by atoms with van der Waals surface area (Å²) in [6.45, 7) is 3.26. The van der Waals surface area contributed by atoms with Crippen molar-refractivity contribution in [3.05, 3.63) is 0 Å². The number of hydrogen-bond acceptors (Lipinski definition) is 2. The minimum Gasteiger partial charge on any atom is -0.355 e. The molecule has 1 spiro atoms. The zero-order chi connectivity index (χ0) is 11.4. The highest BCUT2D eigenvalue weighted by Gasteiger charge is 2.46. The maximum atomic E-state index is 10.7. The molecule has 1 amide bonds. The predicted octanol–water partition coefficient (Wildman–Crippen LogP) is 1.82. The molecule has 2 N–H and O–H groups in total. The first-order valence-electron chi connectivity index (χ1n) is 6.71. The van der Waals surface area contributed by atoms with Crippen LogP contribution in [-0.2, 0) is 4.79 Å². The molecule has 0 saturated heterocycles. The molecule has 2 aliphatic rings. The van der Waals surface area contributed by atoms with Gasteiger partial charge in [-0.25, -0.2) is 0 Å². The van der Waals surface area contributed by atoms with Gasteiger partial charge in [0.25, 0.3) is 0 Å². The second-order valence-electron chi connectivity index (χ2n) is 5.45. The third-order valence-electron chi connectivity index (χ3n) is 4.41. The van der Waals surface area contributed by atoms with Crippen LogP contribution >= 0.6 is 0 Å². The molecule has 16 heavy (non-hydrogen) atoms. The highest BCUT2D eigenvalue weighted by molar-refractivity contribution is 5.72. The second kappa shape index (κ2) is 5.17. The standard InChI is InChI=1S/C13H24N2O/c1-11(16)14-9-10-15-12-5-8-13(12)6-3-2-4-7-13/h12,15H,2-10H2,1H3,(H,14,16). The summed E-state index contributed by atoms with van der Waals surface area (Å²) >= 11 is 0. The van der Waals surface area contributed by atoms with E-state index in [0.717, 1.165) is 19.1 Å². The van der Waals surface area contributed by atoms with Gasteiger partial charge in [0, 0.05) is 26.1 Å². The molecule has 3 heteroatoms. The fraction of sp³-hybridized carbons (Fsp3) is 0.923. The highest BCUT2D eigenvalue weighted by atomic mass is 16.1. The van der Waals surface area contributed by atoms with Crippen molar-refractivity contribution in [3.8, 4) is 0 Å². The average molecular weight is 224 g/mol. The molecule has 1 unspecified atom stereocenters. The van der Waals surface area contributed by atoms with Crippen molar-refractivity contribution >= 4 is 5.91 Å². The lowest BCUT2D eigenvalue weighted by molar-refractivity contribution is -0.118. The number of carbonyl (C=O) groups excluding carboxylic acids is 1. The second-order valence-corrected chi connectivity index (χ2v) is 5.45. The lowest BCUT2D eigenvalue weighted by atomic mass is 9.57. The highest BCUT2D eigenvalue weighted by Crippen LogP contribution is 2.51. The number of nitrogens with one attached hydrogen (secondary N) is 2. The normalized spacial score (nSPS) is 27.4. The molecule has 0 aromatic carbocycles. The summed E-state index contributed by atoms with van der Waals surface area (Å²) in [5.74, 6) is 0.0720. The lowest BCUT2D eigenvalue weighted by Crippen LogP contribution is -2.55. The van der Waals surface area contributed by atoms with E-state index in [4.69, 9.17) is 0 Å². The van der Waals surface area contributed by atoms with E-state index in [1.165, 1.54) is 44.9 Å². The van der Waals surface area contributed by atoms with Crippen molar-refractivity contribution in [1.29, 1.82) is 0 Å². The van der Waals surface area contributed by atoms with Crippen LogP contribution in [0.3, 0.4) is 0 Å². The van der Waals surface area contributed by atoms with Crippen molar-refractivity contribution in [2.75, 3.05) is 13.1 Å². The maximum Gasteiger partial charge on any atom is 0.216 e. The van der Waals surface area contributed by atoms with Crippen molar-refractivity contribution in [2.24, 2.45) is 5.41 Å². The van der Waals surface area contributed by atoms with Gasteiger partial charge in [0.1, 0.15) is 0 Å². The topological polar surface area (TPSA) is 41.1 Å². The summed E-state index contributed by atoms with van der Waals surface area (Å²) in [4.78, 5) is 10.7. The van der Waals surface area contributed by atoms with Crippen LogP contribution in [0, 0.1) is 5.41 Å². The number of hydrogen-bond donors (Lipinski definition) is 2. The van der Waals surface area contributed by atoms with E-state index in [-0.39, 0.29) is 5.91 Å². The van der Waals surface area contributed by atoms with Crippen LogP contribution in [0.5, 0.6) is 0 Å². The number of rotatable bonds is 4. The van der Waals surface area contributed by atoms with Gasteiger partial charge < -0.3 is 10.6 Å². The smallest absolute Gasteiger partial charge is 0.216 e. The van der Waals surface area contributed by atoms with Gasteiger partial charge in [0.15, 0.2) is 0 Å². The van der Waals surface area contributed by atoms with E-state index in [1.807, 2.05) is 0 Å². The van der Waals surface area contributed by atoms with E-state index in [2.05, 4.69) is 10.6 Å². The molecule has 0 heterocycles. The quantitative estimate of drug-likeness (QED) is 0.715. The first-order valence-corrected chi connectivity index (χ1v) is 6.71. The average Bonchev–Trinajstić information content (AvgIpc) is 2.28. The zero-order valence-electron chi connectivity index (χ0n) is 10.3. The predicted molar refractivity (Wildman–Crippen MR) is 65.2 cm³/mol. The monoisotopic (exact) mass is 224 g/mol. The zero-order valence-corrected chi connectivity index (χ0v) is 10.3. The third-order valence-corrected chi connectivity index (χ3v) is 4.41. The van der Waals surface area contributed by atoms with Gasteiger partial charge in [-0.3, -0.25) is 4.79 Å². The van der Waals surface area contributed by atoms with Gasteiger partial charge in [-0.1, -0.05) is 19.3 Å². The lowest BCUT2D eigenvalue weighted by Gasteiger charge is -2.52.